The molecule has 1 aliphatic heterocycles. The molecule has 3 aromatic rings. The minimum atomic E-state index is -0.317. The number of hydrogen-bond donors (Lipinski definition) is 1. The van der Waals surface area contributed by atoms with Crippen LogP contribution in [-0.2, 0) is 5.54 Å². The van der Waals surface area contributed by atoms with Crippen LogP contribution in [0.5, 0.6) is 5.75 Å². The van der Waals surface area contributed by atoms with Gasteiger partial charge in [-0.05, 0) is 87.7 Å². The van der Waals surface area contributed by atoms with Gasteiger partial charge in [0.05, 0.1) is 11.1 Å². The average Bonchev–Trinajstić information content (AvgIpc) is 3.53. The van der Waals surface area contributed by atoms with Gasteiger partial charge in [0.1, 0.15) is 12.4 Å². The van der Waals surface area contributed by atoms with Gasteiger partial charge >= 0.3 is 0 Å². The van der Waals surface area contributed by atoms with Crippen LogP contribution in [0.2, 0.25) is 0 Å². The number of nitrogens with one attached hydrogen (secondary N) is 1. The highest BCUT2D eigenvalue weighted by Crippen LogP contribution is 2.48. The third-order valence-electron chi connectivity index (χ3n) is 6.82. The summed E-state index contributed by atoms with van der Waals surface area (Å²) in [7, 11) is 2.12. The van der Waals surface area contributed by atoms with E-state index in [1.807, 2.05) is 37.4 Å². The van der Waals surface area contributed by atoms with E-state index in [1.165, 1.54) is 5.56 Å². The topological polar surface area (TPSA) is 54.5 Å². The van der Waals surface area contributed by atoms with E-state index < -0.39 is 0 Å². The average molecular weight is 416 g/mol. The minimum Gasteiger partial charge on any atom is -0.492 e. The molecule has 0 bridgehead atoms. The number of likely N-dealkylation sites (N-methyl/N-ethyl adjacent to an activating group) is 1. The van der Waals surface area contributed by atoms with Crippen LogP contribution >= 0.6 is 0 Å². The summed E-state index contributed by atoms with van der Waals surface area (Å²) < 4.78 is 6.00. The van der Waals surface area contributed by atoms with Gasteiger partial charge in [-0.1, -0.05) is 18.2 Å². The normalized spacial score (nSPS) is 19.6. The number of ether oxygens (including phenoxy) is 1. The van der Waals surface area contributed by atoms with Crippen LogP contribution in [0.25, 0.3) is 10.9 Å². The Labute approximate surface area is 183 Å². The summed E-state index contributed by atoms with van der Waals surface area (Å²) in [5.41, 5.74) is 4.63. The number of likely N-dealkylation sites (tertiary alicyclic amines) is 1. The number of hydrogen-bond acceptors (Lipinski definition) is 4. The van der Waals surface area contributed by atoms with Crippen molar-refractivity contribution in [3.05, 3.63) is 70.9 Å². The first kappa shape index (κ1) is 20.0. The van der Waals surface area contributed by atoms with Crippen molar-refractivity contribution in [3.63, 3.8) is 0 Å². The Hall–Kier alpha value is -2.92. The number of carbonyl (C=O) groups excluding carboxylic acids is 1. The predicted molar refractivity (Wildman–Crippen MR) is 123 cm³/mol. The maximum Gasteiger partial charge on any atom is 0.252 e. The summed E-state index contributed by atoms with van der Waals surface area (Å²) in [4.78, 5) is 20.2. The van der Waals surface area contributed by atoms with Crippen molar-refractivity contribution in [1.82, 2.24) is 15.2 Å². The first-order valence-corrected chi connectivity index (χ1v) is 11.1. The number of benzene rings is 2. The van der Waals surface area contributed by atoms with Gasteiger partial charge in [-0.2, -0.15) is 0 Å². The van der Waals surface area contributed by atoms with E-state index in [-0.39, 0.29) is 11.4 Å². The zero-order chi connectivity index (χ0) is 21.6. The molecule has 1 amide bonds. The second-order valence-electron chi connectivity index (χ2n) is 9.13. The standard InChI is InChI=1S/C26H29N3O2/c1-17-13-23(21-5-4-11-27-24(21)14-17)26(9-10-26)28-25(30)22-15-20(7-6-18(22)2)31-16-19-8-12-29(19)3/h4-7,11,13-15,19H,8-10,12,16H2,1-3H3,(H,28,30)/t19-/m0/s1. The second-order valence-corrected chi connectivity index (χ2v) is 9.13. The molecule has 31 heavy (non-hydrogen) atoms. The van der Waals surface area contributed by atoms with Gasteiger partial charge < -0.3 is 10.1 Å². The van der Waals surface area contributed by atoms with Gasteiger partial charge in [-0.25, -0.2) is 0 Å². The van der Waals surface area contributed by atoms with Crippen LogP contribution in [0.15, 0.2) is 48.7 Å². The lowest BCUT2D eigenvalue weighted by molar-refractivity contribution is 0.0767. The van der Waals surface area contributed by atoms with Crippen molar-refractivity contribution >= 4 is 16.8 Å². The summed E-state index contributed by atoms with van der Waals surface area (Å²) in [5.74, 6) is 0.714. The fourth-order valence-electron chi connectivity index (χ4n) is 4.50. The van der Waals surface area contributed by atoms with Crippen molar-refractivity contribution in [3.8, 4) is 5.75 Å². The van der Waals surface area contributed by atoms with Gasteiger partial charge in [0.25, 0.3) is 5.91 Å². The minimum absolute atomic E-state index is 0.0419. The van der Waals surface area contributed by atoms with Crippen molar-refractivity contribution < 1.29 is 9.53 Å². The molecule has 1 saturated heterocycles. The lowest BCUT2D eigenvalue weighted by atomic mass is 9.96. The van der Waals surface area contributed by atoms with E-state index in [9.17, 15) is 4.79 Å². The summed E-state index contributed by atoms with van der Waals surface area (Å²) in [5, 5.41) is 4.47. The SMILES string of the molecule is Cc1cc(C2(NC(=O)c3cc(OC[C@@H]4CCN4C)ccc3C)CC2)c2cccnc2c1. The number of nitrogens with zero attached hydrogens (tertiary/aromatic N) is 2. The molecule has 1 atom stereocenters. The van der Waals surface area contributed by atoms with Crippen LogP contribution in [-0.4, -0.2) is 42.0 Å². The molecular formula is C26H29N3O2. The van der Waals surface area contributed by atoms with E-state index in [4.69, 9.17) is 4.74 Å². The van der Waals surface area contributed by atoms with Gasteiger partial charge in [0.2, 0.25) is 0 Å². The number of fused-ring (bicyclic) bond motifs is 1. The Kier molecular flexibility index (Phi) is 4.94. The summed E-state index contributed by atoms with van der Waals surface area (Å²) in [6, 6.07) is 14.6. The van der Waals surface area contributed by atoms with Crippen LogP contribution in [0.1, 0.15) is 46.3 Å². The number of pyridine rings is 1. The largest absolute Gasteiger partial charge is 0.492 e. The lowest BCUT2D eigenvalue weighted by Crippen LogP contribution is -2.48. The van der Waals surface area contributed by atoms with Gasteiger partial charge in [0.15, 0.2) is 0 Å². The molecule has 5 nitrogen and oxygen atoms in total. The zero-order valence-corrected chi connectivity index (χ0v) is 18.4. The fraction of sp³-hybridized carbons (Fsp3) is 0.385. The Bertz CT molecular complexity index is 1150. The monoisotopic (exact) mass is 415 g/mol. The molecule has 0 unspecified atom stereocenters. The number of aromatic nitrogens is 1. The summed E-state index contributed by atoms with van der Waals surface area (Å²) in [6.07, 6.45) is 4.86. The molecule has 2 aliphatic rings. The molecule has 1 aromatic heterocycles. The van der Waals surface area contributed by atoms with Crippen LogP contribution < -0.4 is 10.1 Å². The molecular weight excluding hydrogens is 386 g/mol. The predicted octanol–water partition coefficient (Wildman–Crippen LogP) is 4.35. The molecule has 2 heterocycles. The molecule has 1 saturated carbocycles. The molecule has 160 valence electrons. The Morgan fingerprint density at radius 2 is 2.06 bits per heavy atom. The molecule has 0 spiro atoms. The van der Waals surface area contributed by atoms with Crippen molar-refractivity contribution in [2.24, 2.45) is 0 Å². The number of carbonyl (C=O) groups is 1. The van der Waals surface area contributed by atoms with Crippen LogP contribution in [0.3, 0.4) is 0 Å². The van der Waals surface area contributed by atoms with Crippen LogP contribution in [0, 0.1) is 13.8 Å². The maximum absolute atomic E-state index is 13.3. The summed E-state index contributed by atoms with van der Waals surface area (Å²) >= 11 is 0. The van der Waals surface area contributed by atoms with E-state index in [0.29, 0.717) is 18.2 Å². The van der Waals surface area contributed by atoms with Gasteiger partial charge in [0, 0.05) is 23.2 Å². The van der Waals surface area contributed by atoms with Crippen molar-refractivity contribution in [2.75, 3.05) is 20.2 Å². The van der Waals surface area contributed by atoms with Crippen LogP contribution in [0.4, 0.5) is 0 Å². The Balaban J connectivity index is 1.38. The van der Waals surface area contributed by atoms with E-state index in [2.05, 4.69) is 47.4 Å². The van der Waals surface area contributed by atoms with Gasteiger partial charge in [-0.3, -0.25) is 14.7 Å². The molecule has 5 heteroatoms. The Morgan fingerprint density at radius 1 is 1.23 bits per heavy atom. The van der Waals surface area contributed by atoms with Gasteiger partial charge in [-0.15, -0.1) is 0 Å². The molecule has 0 radical (unpaired) electrons. The van der Waals surface area contributed by atoms with E-state index >= 15 is 0 Å². The highest BCUT2D eigenvalue weighted by molar-refractivity contribution is 5.97. The lowest BCUT2D eigenvalue weighted by Gasteiger charge is -2.37. The number of rotatable bonds is 6. The molecule has 2 aromatic carbocycles. The van der Waals surface area contributed by atoms with E-state index in [1.54, 1.807) is 0 Å². The zero-order valence-electron chi connectivity index (χ0n) is 18.4. The molecule has 5 rings (SSSR count). The highest BCUT2D eigenvalue weighted by Gasteiger charge is 2.47. The molecule has 1 aliphatic carbocycles. The molecule has 2 fully saturated rings. The molecule has 1 N–H and O–H groups in total. The van der Waals surface area contributed by atoms with E-state index in [0.717, 1.165) is 53.6 Å². The first-order valence-electron chi connectivity index (χ1n) is 11.1. The van der Waals surface area contributed by atoms with Crippen molar-refractivity contribution in [1.29, 1.82) is 0 Å². The fourth-order valence-corrected chi connectivity index (χ4v) is 4.50. The Morgan fingerprint density at radius 3 is 2.77 bits per heavy atom. The first-order chi connectivity index (χ1) is 14.9. The number of amides is 1. The summed E-state index contributed by atoms with van der Waals surface area (Å²) in [6.45, 7) is 5.84. The number of aryl methyl sites for hydroxylation is 2. The smallest absolute Gasteiger partial charge is 0.252 e. The highest BCUT2D eigenvalue weighted by atomic mass is 16.5. The maximum atomic E-state index is 13.3. The quantitative estimate of drug-likeness (QED) is 0.650. The second kappa shape index (κ2) is 7.65. The third kappa shape index (κ3) is 3.79. The van der Waals surface area contributed by atoms with Crippen molar-refractivity contribution in [2.45, 2.75) is 44.7 Å². The third-order valence-corrected chi connectivity index (χ3v) is 6.82.